The van der Waals surface area contributed by atoms with Gasteiger partial charge in [0, 0.05) is 19.2 Å². The molecule has 0 bridgehead atoms. The first-order valence-electron chi connectivity index (χ1n) is 8.17. The lowest BCUT2D eigenvalue weighted by atomic mass is 10.2. The monoisotopic (exact) mass is 376 g/mol. The van der Waals surface area contributed by atoms with Gasteiger partial charge in [0.05, 0.1) is 4.92 Å². The normalized spacial score (nSPS) is 11.0. The average Bonchev–Trinajstić information content (AvgIpc) is 2.55. The molecular weight excluding hydrogens is 355 g/mol. The highest BCUT2D eigenvalue weighted by atomic mass is 19.1. The Morgan fingerprint density at radius 2 is 1.85 bits per heavy atom. The van der Waals surface area contributed by atoms with Crippen LogP contribution >= 0.6 is 0 Å². The molecule has 0 atom stereocenters. The van der Waals surface area contributed by atoms with Crippen molar-refractivity contribution < 1.29 is 23.6 Å². The number of hydrogen-bond donors (Lipinski definition) is 0. The van der Waals surface area contributed by atoms with Gasteiger partial charge >= 0.3 is 6.09 Å². The van der Waals surface area contributed by atoms with Crippen LogP contribution in [0.25, 0.3) is 0 Å². The molecule has 0 aliphatic rings. The van der Waals surface area contributed by atoms with Crippen molar-refractivity contribution in [2.24, 2.45) is 0 Å². The minimum atomic E-state index is -0.751. The summed E-state index contributed by atoms with van der Waals surface area (Å²) >= 11 is 0. The van der Waals surface area contributed by atoms with Crippen LogP contribution in [0.3, 0.4) is 0 Å². The lowest BCUT2D eigenvalue weighted by Gasteiger charge is -2.24. The Morgan fingerprint density at radius 1 is 1.19 bits per heavy atom. The van der Waals surface area contributed by atoms with Crippen LogP contribution in [0.15, 0.2) is 36.4 Å². The van der Waals surface area contributed by atoms with Crippen LogP contribution in [0.5, 0.6) is 11.5 Å². The van der Waals surface area contributed by atoms with E-state index in [0.717, 1.165) is 4.90 Å². The minimum absolute atomic E-state index is 0.0199. The van der Waals surface area contributed by atoms with E-state index in [0.29, 0.717) is 11.3 Å². The molecule has 0 heterocycles. The lowest BCUT2D eigenvalue weighted by Crippen LogP contribution is -2.34. The number of carbonyl (C=O) groups is 1. The Labute approximate surface area is 156 Å². The lowest BCUT2D eigenvalue weighted by molar-refractivity contribution is -0.384. The molecule has 2 rings (SSSR count). The largest absolute Gasteiger partial charge is 0.457 e. The minimum Gasteiger partial charge on any atom is -0.457 e. The van der Waals surface area contributed by atoms with Gasteiger partial charge in [0.25, 0.3) is 5.69 Å². The summed E-state index contributed by atoms with van der Waals surface area (Å²) in [4.78, 5) is 24.1. The molecule has 0 saturated heterocycles. The zero-order chi connectivity index (χ0) is 20.4. The molecule has 0 aliphatic carbocycles. The Bertz CT molecular complexity index is 877. The van der Waals surface area contributed by atoms with Gasteiger partial charge in [-0.2, -0.15) is 0 Å². The van der Waals surface area contributed by atoms with Crippen LogP contribution in [0.4, 0.5) is 20.6 Å². The van der Waals surface area contributed by atoms with E-state index in [1.807, 2.05) is 0 Å². The maximum atomic E-state index is 13.2. The average molecular weight is 376 g/mol. The second-order valence-corrected chi connectivity index (χ2v) is 6.96. The first-order chi connectivity index (χ1) is 12.5. The highest BCUT2D eigenvalue weighted by Gasteiger charge is 2.26. The summed E-state index contributed by atoms with van der Waals surface area (Å²) in [7, 11) is 1.38. The zero-order valence-electron chi connectivity index (χ0n) is 15.8. The second kappa shape index (κ2) is 7.61. The summed E-state index contributed by atoms with van der Waals surface area (Å²) in [6.07, 6.45) is -0.735. The number of halogens is 1. The highest BCUT2D eigenvalue weighted by Crippen LogP contribution is 2.35. The van der Waals surface area contributed by atoms with Gasteiger partial charge in [-0.1, -0.05) is 0 Å². The predicted molar refractivity (Wildman–Crippen MR) is 98.9 cm³/mol. The van der Waals surface area contributed by atoms with E-state index >= 15 is 0 Å². The third-order valence-electron chi connectivity index (χ3n) is 3.54. The van der Waals surface area contributed by atoms with Crippen molar-refractivity contribution >= 4 is 17.5 Å². The predicted octanol–water partition coefficient (Wildman–Crippen LogP) is 5.21. The molecule has 0 aliphatic heterocycles. The number of benzene rings is 2. The molecule has 2 aromatic carbocycles. The van der Waals surface area contributed by atoms with Gasteiger partial charge in [0.1, 0.15) is 28.6 Å². The van der Waals surface area contributed by atoms with Gasteiger partial charge in [-0.25, -0.2) is 9.18 Å². The van der Waals surface area contributed by atoms with Crippen molar-refractivity contribution in [3.63, 3.8) is 0 Å². The van der Waals surface area contributed by atoms with E-state index in [9.17, 15) is 19.3 Å². The topological polar surface area (TPSA) is 81.9 Å². The molecular formula is C19H21FN2O5. The number of carbonyl (C=O) groups excluding carboxylic acids is 1. The Hall–Kier alpha value is -3.16. The van der Waals surface area contributed by atoms with E-state index in [1.165, 1.54) is 43.4 Å². The number of ether oxygens (including phenoxy) is 2. The Kier molecular flexibility index (Phi) is 5.68. The van der Waals surface area contributed by atoms with Gasteiger partial charge in [-0.05, 0) is 57.5 Å². The molecule has 2 aromatic rings. The summed E-state index contributed by atoms with van der Waals surface area (Å²) in [5, 5.41) is 11.3. The fourth-order valence-corrected chi connectivity index (χ4v) is 2.27. The highest BCUT2D eigenvalue weighted by molar-refractivity contribution is 5.90. The Morgan fingerprint density at radius 3 is 2.41 bits per heavy atom. The molecule has 0 unspecified atom stereocenters. The molecule has 144 valence electrons. The molecule has 0 spiro atoms. The quantitative estimate of drug-likeness (QED) is 0.541. The van der Waals surface area contributed by atoms with Crippen LogP contribution in [0, 0.1) is 22.9 Å². The van der Waals surface area contributed by atoms with E-state index < -0.39 is 22.4 Å². The van der Waals surface area contributed by atoms with Crippen molar-refractivity contribution in [3.8, 4) is 11.5 Å². The first-order valence-corrected chi connectivity index (χ1v) is 8.17. The maximum absolute atomic E-state index is 13.2. The number of anilines is 1. The first kappa shape index (κ1) is 20.2. The zero-order valence-corrected chi connectivity index (χ0v) is 15.8. The van der Waals surface area contributed by atoms with Crippen LogP contribution in [-0.4, -0.2) is 23.7 Å². The van der Waals surface area contributed by atoms with E-state index in [-0.39, 0.29) is 17.1 Å². The van der Waals surface area contributed by atoms with Crippen molar-refractivity contribution in [1.29, 1.82) is 0 Å². The molecule has 0 aromatic heterocycles. The number of aryl methyl sites for hydroxylation is 1. The third kappa shape index (κ3) is 5.16. The van der Waals surface area contributed by atoms with Crippen LogP contribution in [0.2, 0.25) is 0 Å². The summed E-state index contributed by atoms with van der Waals surface area (Å²) in [5.41, 5.74) is -0.437. The van der Waals surface area contributed by atoms with Crippen molar-refractivity contribution in [1.82, 2.24) is 0 Å². The number of amides is 1. The van der Waals surface area contributed by atoms with E-state index in [1.54, 1.807) is 27.7 Å². The fourth-order valence-electron chi connectivity index (χ4n) is 2.27. The summed E-state index contributed by atoms with van der Waals surface area (Å²) < 4.78 is 24.2. The summed E-state index contributed by atoms with van der Waals surface area (Å²) in [5.74, 6) is 0.269. The molecule has 0 N–H and O–H groups in total. The van der Waals surface area contributed by atoms with Gasteiger partial charge < -0.3 is 9.47 Å². The standard InChI is InChI=1S/C19H21FN2O5/c1-12-10-13(20)6-9-17(12)26-14-7-8-15(22(24)25)16(11-14)21(5)18(23)27-19(2,3)4/h6-11H,1-5H3. The smallest absolute Gasteiger partial charge is 0.414 e. The van der Waals surface area contributed by atoms with Crippen LogP contribution < -0.4 is 9.64 Å². The fraction of sp³-hybridized carbons (Fsp3) is 0.316. The summed E-state index contributed by atoms with van der Waals surface area (Å²) in [6, 6.07) is 8.04. The van der Waals surface area contributed by atoms with Crippen molar-refractivity contribution in [2.45, 2.75) is 33.3 Å². The maximum Gasteiger partial charge on any atom is 0.414 e. The molecule has 0 saturated carbocycles. The van der Waals surface area contributed by atoms with Gasteiger partial charge in [0.15, 0.2) is 0 Å². The number of rotatable bonds is 4. The number of nitro benzene ring substituents is 1. The van der Waals surface area contributed by atoms with Gasteiger partial charge in [-0.15, -0.1) is 0 Å². The third-order valence-corrected chi connectivity index (χ3v) is 3.54. The van der Waals surface area contributed by atoms with Gasteiger partial charge in [-0.3, -0.25) is 15.0 Å². The molecule has 0 radical (unpaired) electrons. The molecule has 7 nitrogen and oxygen atoms in total. The van der Waals surface area contributed by atoms with Crippen LogP contribution in [0.1, 0.15) is 26.3 Å². The SMILES string of the molecule is Cc1cc(F)ccc1Oc1ccc([N+](=O)[O-])c(N(C)C(=O)OC(C)(C)C)c1. The van der Waals surface area contributed by atoms with Crippen LogP contribution in [-0.2, 0) is 4.74 Å². The van der Waals surface area contributed by atoms with Gasteiger partial charge in [0.2, 0.25) is 0 Å². The van der Waals surface area contributed by atoms with E-state index in [4.69, 9.17) is 9.47 Å². The second-order valence-electron chi connectivity index (χ2n) is 6.96. The number of nitro groups is 1. The van der Waals surface area contributed by atoms with E-state index in [2.05, 4.69) is 0 Å². The van der Waals surface area contributed by atoms with Crippen molar-refractivity contribution in [2.75, 3.05) is 11.9 Å². The molecule has 8 heteroatoms. The number of nitrogens with zero attached hydrogens (tertiary/aromatic N) is 2. The molecule has 1 amide bonds. The molecule has 0 fully saturated rings. The number of hydrogen-bond acceptors (Lipinski definition) is 5. The van der Waals surface area contributed by atoms with Crippen molar-refractivity contribution in [3.05, 3.63) is 57.9 Å². The summed E-state index contributed by atoms with van der Waals surface area (Å²) in [6.45, 7) is 6.77. The molecule has 27 heavy (non-hydrogen) atoms. The Balaban J connectivity index is 2.38.